The Morgan fingerprint density at radius 1 is 0.917 bits per heavy atom. The van der Waals surface area contributed by atoms with Crippen molar-refractivity contribution in [2.45, 2.75) is 81.3 Å². The van der Waals surface area contributed by atoms with Gasteiger partial charge in [-0.2, -0.15) is 8.42 Å². The summed E-state index contributed by atoms with van der Waals surface area (Å²) in [6, 6.07) is 20.3. The number of aromatic nitrogens is 1. The molecule has 72 heavy (non-hydrogen) atoms. The Balaban J connectivity index is 0.776. The number of thiophene rings is 1. The lowest BCUT2D eigenvalue weighted by Gasteiger charge is -2.23. The summed E-state index contributed by atoms with van der Waals surface area (Å²) in [6.45, 7) is 4.15. The minimum absolute atomic E-state index is 0.0492. The molecular weight excluding hydrogens is 1010 g/mol. The van der Waals surface area contributed by atoms with Crippen molar-refractivity contribution in [1.82, 2.24) is 14.9 Å². The lowest BCUT2D eigenvalue weighted by atomic mass is 9.99. The van der Waals surface area contributed by atoms with Crippen LogP contribution in [0.4, 0.5) is 17.1 Å². The fraction of sp³-hybridized carbons (Fsp3) is 0.367. The number of benzene rings is 3. The van der Waals surface area contributed by atoms with E-state index in [1.165, 1.54) is 45.6 Å². The van der Waals surface area contributed by atoms with Crippen LogP contribution >= 0.6 is 32.9 Å². The summed E-state index contributed by atoms with van der Waals surface area (Å²) in [5.74, 6) is -3.04. The molecule has 3 aliphatic heterocycles. The second kappa shape index (κ2) is 21.8. The van der Waals surface area contributed by atoms with E-state index in [-0.39, 0.29) is 73.4 Å². The fourth-order valence-electron chi connectivity index (χ4n) is 8.59. The molecule has 4 N–H and O–H groups in total. The number of rotatable bonds is 20. The molecule has 0 aliphatic carbocycles. The Morgan fingerprint density at radius 3 is 2.43 bits per heavy atom. The average Bonchev–Trinajstić information content (AvgIpc) is 4.10. The quantitative estimate of drug-likeness (QED) is 0.0266. The van der Waals surface area contributed by atoms with Gasteiger partial charge in [-0.15, -0.1) is 16.4 Å². The van der Waals surface area contributed by atoms with Crippen molar-refractivity contribution in [2.75, 3.05) is 41.5 Å². The molecule has 23 heteroatoms. The van der Waals surface area contributed by atoms with Crippen LogP contribution in [-0.2, 0) is 54.0 Å². The highest BCUT2D eigenvalue weighted by atomic mass is 33.1. The summed E-state index contributed by atoms with van der Waals surface area (Å²) in [6.07, 6.45) is 3.84. The first-order valence-electron chi connectivity index (χ1n) is 23.0. The van der Waals surface area contributed by atoms with E-state index >= 15 is 0 Å². The maximum atomic E-state index is 13.8. The van der Waals surface area contributed by atoms with Gasteiger partial charge >= 0.3 is 5.97 Å². The molecule has 0 bridgehead atoms. The van der Waals surface area contributed by atoms with Crippen LogP contribution in [0.3, 0.4) is 0 Å². The molecule has 0 saturated carbocycles. The van der Waals surface area contributed by atoms with E-state index in [0.29, 0.717) is 51.8 Å². The smallest absolute Gasteiger partial charge is 0.353 e. The van der Waals surface area contributed by atoms with Gasteiger partial charge in [-0.3, -0.25) is 33.3 Å². The SMILES string of the molecule is COc1cc2c(cc1OCCCC(=O)Nc1cc(C(=O)Nc3ccc4sc(C(=O)NCC(C)(C)SSCCC(C(=O)ON5C(=O)CCC5=O)S(=O)(=O)O)cc4c3)n(C)c1)CC[C@@H]1Cc3ccccc3N1C2=O. The summed E-state index contributed by atoms with van der Waals surface area (Å²) in [5.41, 5.74) is 4.86. The van der Waals surface area contributed by atoms with Crippen molar-refractivity contribution < 1.29 is 60.8 Å². The molecule has 380 valence electrons. The van der Waals surface area contributed by atoms with Crippen LogP contribution in [-0.4, -0.2) is 106 Å². The molecule has 8 rings (SSSR count). The van der Waals surface area contributed by atoms with E-state index in [9.17, 15) is 46.5 Å². The summed E-state index contributed by atoms with van der Waals surface area (Å²) >= 11 is 1.27. The van der Waals surface area contributed by atoms with Crippen LogP contribution in [0.2, 0.25) is 0 Å². The minimum Gasteiger partial charge on any atom is -0.493 e. The number of hydrogen-bond donors (Lipinski definition) is 4. The van der Waals surface area contributed by atoms with Gasteiger partial charge in [-0.05, 0) is 111 Å². The van der Waals surface area contributed by atoms with Gasteiger partial charge in [-0.25, -0.2) is 4.79 Å². The molecule has 1 saturated heterocycles. The number of aryl methyl sites for hydroxylation is 2. The Hall–Kier alpha value is -6.40. The number of carbonyl (C=O) groups is 7. The first-order chi connectivity index (χ1) is 34.3. The first-order valence-corrected chi connectivity index (χ1v) is 27.6. The van der Waals surface area contributed by atoms with Crippen molar-refractivity contribution in [3.8, 4) is 11.5 Å². The summed E-state index contributed by atoms with van der Waals surface area (Å²) in [4.78, 5) is 96.6. The monoisotopic (exact) mass is 1060 g/mol. The van der Waals surface area contributed by atoms with Crippen molar-refractivity contribution in [3.05, 3.63) is 100 Å². The van der Waals surface area contributed by atoms with Crippen molar-refractivity contribution in [3.63, 3.8) is 0 Å². The van der Waals surface area contributed by atoms with Crippen LogP contribution in [0.25, 0.3) is 10.1 Å². The third-order valence-electron chi connectivity index (χ3n) is 12.2. The predicted molar refractivity (Wildman–Crippen MR) is 274 cm³/mol. The number of methoxy groups -OCH3 is 1. The average molecular weight is 1060 g/mol. The minimum atomic E-state index is -4.91. The lowest BCUT2D eigenvalue weighted by molar-refractivity contribution is -0.197. The second-order valence-electron chi connectivity index (χ2n) is 18.0. The maximum absolute atomic E-state index is 13.8. The Morgan fingerprint density at radius 2 is 1.68 bits per heavy atom. The van der Waals surface area contributed by atoms with E-state index in [1.54, 1.807) is 54.2 Å². The Labute approximate surface area is 426 Å². The summed E-state index contributed by atoms with van der Waals surface area (Å²) in [7, 11) is 0.830. The maximum Gasteiger partial charge on any atom is 0.353 e. The van der Waals surface area contributed by atoms with E-state index in [0.717, 1.165) is 34.2 Å². The van der Waals surface area contributed by atoms with Gasteiger partial charge in [0.15, 0.2) is 16.7 Å². The van der Waals surface area contributed by atoms with E-state index in [2.05, 4.69) is 22.0 Å². The van der Waals surface area contributed by atoms with E-state index in [4.69, 9.17) is 14.3 Å². The van der Waals surface area contributed by atoms with Crippen molar-refractivity contribution in [2.24, 2.45) is 7.05 Å². The molecular formula is C49H52N6O13S4. The van der Waals surface area contributed by atoms with Gasteiger partial charge in [0.1, 0.15) is 5.69 Å². The number of ether oxygens (including phenoxy) is 2. The summed E-state index contributed by atoms with van der Waals surface area (Å²) < 4.78 is 47.1. The first kappa shape index (κ1) is 51.9. The number of nitrogens with one attached hydrogen (secondary N) is 3. The highest BCUT2D eigenvalue weighted by Crippen LogP contribution is 2.41. The van der Waals surface area contributed by atoms with E-state index in [1.807, 2.05) is 43.0 Å². The number of amides is 6. The van der Waals surface area contributed by atoms with Crippen LogP contribution in [0, 0.1) is 0 Å². The van der Waals surface area contributed by atoms with Gasteiger partial charge in [0.25, 0.3) is 39.7 Å². The fourth-order valence-corrected chi connectivity index (χ4v) is 12.9. The van der Waals surface area contributed by atoms with Crippen molar-refractivity contribution >= 4 is 112 Å². The number of nitrogens with zero attached hydrogens (tertiary/aromatic N) is 3. The molecule has 5 heterocycles. The third kappa shape index (κ3) is 11.9. The van der Waals surface area contributed by atoms with Gasteiger partial charge < -0.3 is 39.7 Å². The number of hydrogen-bond acceptors (Lipinski definition) is 15. The zero-order valence-corrected chi connectivity index (χ0v) is 42.9. The number of para-hydroxylation sites is 1. The standard InChI is InChI=1S/C49H52N6O13S4/c1-49(2,71-69-19-17-41(72(63,64)65)48(62)68-55-43(57)15-16-44(55)58)27-50-46(60)40-23-30-20-31(12-14-39(30)70-40)52-45(59)36-24-32(26-53(36)3)51-42(56)10-7-18-67-38-22-28-11-13-33-21-29-8-5-6-9-35(29)54(33)47(61)34(28)25-37(38)66-4/h5-6,8-9,12,14,20,22-26,33,41H,7,10-11,13,15-19,21,27H2,1-4H3,(H,50,60)(H,51,56)(H,52,59)(H,63,64,65)/t33-,41?/m1/s1. The third-order valence-corrected chi connectivity index (χ3v) is 17.8. The topological polar surface area (TPSA) is 249 Å². The predicted octanol–water partition coefficient (Wildman–Crippen LogP) is 6.96. The van der Waals surface area contributed by atoms with Gasteiger partial charge in [0, 0.05) is 77.2 Å². The highest BCUT2D eigenvalue weighted by molar-refractivity contribution is 8.77. The molecule has 5 aromatic rings. The van der Waals surface area contributed by atoms with Crippen LogP contribution in [0.15, 0.2) is 72.9 Å². The van der Waals surface area contributed by atoms with Gasteiger partial charge in [0.05, 0.1) is 24.3 Å². The molecule has 6 amide bonds. The van der Waals surface area contributed by atoms with Gasteiger partial charge in [0.2, 0.25) is 5.91 Å². The molecule has 2 atom stereocenters. The molecule has 0 spiro atoms. The van der Waals surface area contributed by atoms with E-state index < -0.39 is 43.8 Å². The normalized spacial score (nSPS) is 15.9. The largest absolute Gasteiger partial charge is 0.493 e. The molecule has 0 radical (unpaired) electrons. The summed E-state index contributed by atoms with van der Waals surface area (Å²) in [5, 5.41) is 7.59. The van der Waals surface area contributed by atoms with Crippen LogP contribution in [0.5, 0.6) is 11.5 Å². The van der Waals surface area contributed by atoms with Crippen LogP contribution in [0.1, 0.15) is 94.0 Å². The Bertz CT molecular complexity index is 3080. The number of fused-ring (bicyclic) bond motifs is 5. The van der Waals surface area contributed by atoms with Crippen molar-refractivity contribution in [1.29, 1.82) is 0 Å². The number of hydroxylamine groups is 2. The van der Waals surface area contributed by atoms with Gasteiger partial charge in [-0.1, -0.05) is 39.8 Å². The molecule has 2 aromatic heterocycles. The molecule has 1 unspecified atom stereocenters. The Kier molecular flexibility index (Phi) is 15.7. The van der Waals surface area contributed by atoms with Crippen LogP contribution < -0.4 is 30.3 Å². The lowest BCUT2D eigenvalue weighted by Crippen LogP contribution is -2.40. The number of carbonyl (C=O) groups excluding carboxylic acids is 7. The molecule has 1 fully saturated rings. The second-order valence-corrected chi connectivity index (χ2v) is 23.8. The highest BCUT2D eigenvalue weighted by Gasteiger charge is 2.40. The zero-order valence-electron chi connectivity index (χ0n) is 39.7. The zero-order chi connectivity index (χ0) is 51.5. The molecule has 3 aliphatic rings. The number of imide groups is 1. The molecule has 19 nitrogen and oxygen atoms in total. The molecule has 3 aromatic carbocycles. The number of anilines is 3.